The van der Waals surface area contributed by atoms with Gasteiger partial charge in [0.2, 0.25) is 0 Å². The molecule has 5 heteroatoms. The largest absolute Gasteiger partial charge is 0.423 e. The van der Waals surface area contributed by atoms with Crippen molar-refractivity contribution in [1.82, 2.24) is 4.98 Å². The number of rotatable bonds is 2. The maximum Gasteiger partial charge on any atom is 0.298 e. The monoisotopic (exact) mass is 248 g/mol. The highest BCUT2D eigenvalue weighted by molar-refractivity contribution is 5.74. The number of para-hydroxylation sites is 2. The number of hydrogen-bond donors (Lipinski definition) is 0. The number of ether oxygens (including phenoxy) is 2. The summed E-state index contributed by atoms with van der Waals surface area (Å²) in [6, 6.07) is 8.42. The van der Waals surface area contributed by atoms with Gasteiger partial charge in [-0.1, -0.05) is 12.1 Å². The van der Waals surface area contributed by atoms with Gasteiger partial charge in [-0.15, -0.1) is 0 Å². The first-order chi connectivity index (χ1) is 8.86. The van der Waals surface area contributed by atoms with Gasteiger partial charge in [-0.2, -0.15) is 4.98 Å². The molecular weight excluding hydrogens is 232 g/mol. The zero-order chi connectivity index (χ0) is 12.4. The van der Waals surface area contributed by atoms with Gasteiger partial charge in [-0.25, -0.2) is 0 Å². The Morgan fingerprint density at radius 2 is 2.28 bits per heavy atom. The van der Waals surface area contributed by atoms with Crippen molar-refractivity contribution < 1.29 is 13.9 Å². The lowest BCUT2D eigenvalue weighted by molar-refractivity contribution is 0.0285. The third-order valence-electron chi connectivity index (χ3n) is 3.12. The first-order valence-corrected chi connectivity index (χ1v) is 6.08. The van der Waals surface area contributed by atoms with Crippen LogP contribution in [0.15, 0.2) is 28.7 Å². The standard InChI is InChI=1S/C13H16N2O3/c1-16-10-8-15(6-7-17-9-10)13-14-11-4-2-3-5-12(11)18-13/h2-5,10H,6-9H2,1H3/t10-/m1/s1. The van der Waals surface area contributed by atoms with Gasteiger partial charge in [0.05, 0.1) is 25.9 Å². The predicted octanol–water partition coefficient (Wildman–Crippen LogP) is 1.68. The van der Waals surface area contributed by atoms with Crippen LogP contribution in [0, 0.1) is 0 Å². The van der Waals surface area contributed by atoms with E-state index in [1.165, 1.54) is 0 Å². The Balaban J connectivity index is 1.87. The van der Waals surface area contributed by atoms with Crippen LogP contribution in [0.1, 0.15) is 0 Å². The quantitative estimate of drug-likeness (QED) is 0.809. The van der Waals surface area contributed by atoms with Crippen LogP contribution in [-0.4, -0.2) is 44.5 Å². The molecule has 2 aromatic rings. The number of aromatic nitrogens is 1. The van der Waals surface area contributed by atoms with Crippen molar-refractivity contribution in [2.24, 2.45) is 0 Å². The molecule has 1 aromatic heterocycles. The number of nitrogens with zero attached hydrogens (tertiary/aromatic N) is 2. The molecule has 3 rings (SSSR count). The van der Waals surface area contributed by atoms with Gasteiger partial charge in [0.25, 0.3) is 6.01 Å². The van der Waals surface area contributed by atoms with E-state index in [2.05, 4.69) is 9.88 Å². The fourth-order valence-electron chi connectivity index (χ4n) is 2.09. The van der Waals surface area contributed by atoms with Crippen LogP contribution in [0.5, 0.6) is 0 Å². The molecule has 1 aliphatic rings. The molecule has 1 aliphatic heterocycles. The number of oxazole rings is 1. The average Bonchev–Trinajstić information content (AvgIpc) is 2.69. The molecule has 0 unspecified atom stereocenters. The third-order valence-corrected chi connectivity index (χ3v) is 3.12. The fourth-order valence-corrected chi connectivity index (χ4v) is 2.09. The van der Waals surface area contributed by atoms with E-state index in [0.29, 0.717) is 19.2 Å². The van der Waals surface area contributed by atoms with Crippen molar-refractivity contribution in [3.63, 3.8) is 0 Å². The third kappa shape index (κ3) is 2.19. The molecule has 1 saturated heterocycles. The minimum atomic E-state index is 0.0579. The summed E-state index contributed by atoms with van der Waals surface area (Å²) in [5, 5.41) is 0. The van der Waals surface area contributed by atoms with Crippen molar-refractivity contribution in [3.8, 4) is 0 Å². The minimum Gasteiger partial charge on any atom is -0.423 e. The number of benzene rings is 1. The lowest BCUT2D eigenvalue weighted by atomic mass is 10.3. The number of methoxy groups -OCH3 is 1. The molecule has 0 radical (unpaired) electrons. The summed E-state index contributed by atoms with van der Waals surface area (Å²) < 4.78 is 16.6. The molecule has 0 N–H and O–H groups in total. The van der Waals surface area contributed by atoms with E-state index >= 15 is 0 Å². The van der Waals surface area contributed by atoms with Crippen LogP contribution in [0.25, 0.3) is 11.1 Å². The van der Waals surface area contributed by atoms with Gasteiger partial charge < -0.3 is 18.8 Å². The highest BCUT2D eigenvalue weighted by atomic mass is 16.5. The van der Waals surface area contributed by atoms with Gasteiger partial charge in [0.1, 0.15) is 5.52 Å². The summed E-state index contributed by atoms with van der Waals surface area (Å²) in [6.07, 6.45) is 0.0579. The first kappa shape index (κ1) is 11.5. The molecule has 0 bridgehead atoms. The van der Waals surface area contributed by atoms with Crippen LogP contribution in [0.4, 0.5) is 6.01 Å². The van der Waals surface area contributed by atoms with Crippen molar-refractivity contribution in [2.75, 3.05) is 38.3 Å². The topological polar surface area (TPSA) is 47.7 Å². The molecule has 96 valence electrons. The van der Waals surface area contributed by atoms with Crippen LogP contribution in [-0.2, 0) is 9.47 Å². The second-order valence-corrected chi connectivity index (χ2v) is 4.34. The van der Waals surface area contributed by atoms with Crippen LogP contribution in [0.3, 0.4) is 0 Å². The molecule has 5 nitrogen and oxygen atoms in total. The Kier molecular flexibility index (Phi) is 3.17. The van der Waals surface area contributed by atoms with Crippen molar-refractivity contribution in [3.05, 3.63) is 24.3 Å². The fraction of sp³-hybridized carbons (Fsp3) is 0.462. The van der Waals surface area contributed by atoms with Gasteiger partial charge in [0.15, 0.2) is 5.58 Å². The molecule has 0 amide bonds. The summed E-state index contributed by atoms with van der Waals surface area (Å²) in [4.78, 5) is 6.57. The smallest absolute Gasteiger partial charge is 0.298 e. The van der Waals surface area contributed by atoms with Crippen molar-refractivity contribution >= 4 is 17.1 Å². The van der Waals surface area contributed by atoms with E-state index in [9.17, 15) is 0 Å². The molecule has 0 saturated carbocycles. The normalized spacial score (nSPS) is 21.2. The number of hydrogen-bond acceptors (Lipinski definition) is 5. The zero-order valence-corrected chi connectivity index (χ0v) is 10.3. The lowest BCUT2D eigenvalue weighted by Gasteiger charge is -2.20. The van der Waals surface area contributed by atoms with E-state index in [0.717, 1.165) is 24.2 Å². The highest BCUT2D eigenvalue weighted by Gasteiger charge is 2.21. The Bertz CT molecular complexity index is 493. The van der Waals surface area contributed by atoms with Crippen LogP contribution in [0.2, 0.25) is 0 Å². The van der Waals surface area contributed by atoms with E-state index < -0.39 is 0 Å². The highest BCUT2D eigenvalue weighted by Crippen LogP contribution is 2.22. The van der Waals surface area contributed by atoms with E-state index in [1.807, 2.05) is 24.3 Å². The summed E-state index contributed by atoms with van der Waals surface area (Å²) in [7, 11) is 1.70. The summed E-state index contributed by atoms with van der Waals surface area (Å²) in [5.74, 6) is 0. The van der Waals surface area contributed by atoms with Gasteiger partial charge in [-0.3, -0.25) is 0 Å². The molecule has 0 spiro atoms. The number of anilines is 1. The molecule has 1 aromatic carbocycles. The Labute approximate surface area is 105 Å². The van der Waals surface area contributed by atoms with Gasteiger partial charge >= 0.3 is 0 Å². The lowest BCUT2D eigenvalue weighted by Crippen LogP contribution is -2.33. The molecular formula is C13H16N2O3. The Morgan fingerprint density at radius 1 is 1.39 bits per heavy atom. The van der Waals surface area contributed by atoms with Crippen molar-refractivity contribution in [2.45, 2.75) is 6.10 Å². The number of fused-ring (bicyclic) bond motifs is 1. The van der Waals surface area contributed by atoms with Crippen LogP contribution >= 0.6 is 0 Å². The maximum absolute atomic E-state index is 5.76. The molecule has 2 heterocycles. The first-order valence-electron chi connectivity index (χ1n) is 6.08. The van der Waals surface area contributed by atoms with E-state index in [-0.39, 0.29) is 6.10 Å². The molecule has 1 atom stereocenters. The second kappa shape index (κ2) is 4.96. The molecule has 1 fully saturated rings. The summed E-state index contributed by atoms with van der Waals surface area (Å²) in [6.45, 7) is 2.79. The zero-order valence-electron chi connectivity index (χ0n) is 10.3. The molecule has 18 heavy (non-hydrogen) atoms. The van der Waals surface area contributed by atoms with Crippen molar-refractivity contribution in [1.29, 1.82) is 0 Å². The van der Waals surface area contributed by atoms with Gasteiger partial charge in [-0.05, 0) is 12.1 Å². The minimum absolute atomic E-state index is 0.0579. The van der Waals surface area contributed by atoms with Gasteiger partial charge in [0, 0.05) is 13.7 Å². The summed E-state index contributed by atoms with van der Waals surface area (Å²) >= 11 is 0. The SMILES string of the molecule is CO[C@H]1COCCN(c2nc3ccccc3o2)C1. The van der Waals surface area contributed by atoms with E-state index in [1.54, 1.807) is 7.11 Å². The second-order valence-electron chi connectivity index (χ2n) is 4.34. The van der Waals surface area contributed by atoms with Crippen LogP contribution < -0.4 is 4.90 Å². The Hall–Kier alpha value is -1.59. The van der Waals surface area contributed by atoms with E-state index in [4.69, 9.17) is 13.9 Å². The molecule has 0 aliphatic carbocycles. The predicted molar refractivity (Wildman–Crippen MR) is 67.8 cm³/mol. The average molecular weight is 248 g/mol. The summed E-state index contributed by atoms with van der Waals surface area (Å²) in [5.41, 5.74) is 1.69. The Morgan fingerprint density at radius 3 is 3.11 bits per heavy atom. The maximum atomic E-state index is 5.76.